The summed E-state index contributed by atoms with van der Waals surface area (Å²) < 4.78 is 1.10. The molecule has 0 aromatic heterocycles. The van der Waals surface area contributed by atoms with E-state index in [2.05, 4.69) is 62.4 Å². The minimum atomic E-state index is 0. The van der Waals surface area contributed by atoms with Crippen molar-refractivity contribution in [2.45, 2.75) is 31.6 Å². The molecule has 2 N–H and O–H groups in total. The van der Waals surface area contributed by atoms with E-state index in [4.69, 9.17) is 0 Å². The Morgan fingerprint density at radius 2 is 2.29 bits per heavy atom. The molecule has 1 aromatic rings. The van der Waals surface area contributed by atoms with E-state index in [-0.39, 0.29) is 24.0 Å². The first-order valence-electron chi connectivity index (χ1n) is 7.16. The van der Waals surface area contributed by atoms with Crippen LogP contribution in [0, 0.1) is 0 Å². The molecule has 6 heteroatoms. The van der Waals surface area contributed by atoms with Gasteiger partial charge in [0.15, 0.2) is 5.96 Å². The van der Waals surface area contributed by atoms with Crippen molar-refractivity contribution in [1.82, 2.24) is 10.6 Å². The smallest absolute Gasteiger partial charge is 0.191 e. The van der Waals surface area contributed by atoms with Gasteiger partial charge in [0, 0.05) is 22.8 Å². The highest BCUT2D eigenvalue weighted by Crippen LogP contribution is 2.25. The molecule has 1 atom stereocenters. The molecule has 1 saturated heterocycles. The molecular weight excluding hydrogens is 461 g/mol. The quantitative estimate of drug-likeness (QED) is 0.377. The van der Waals surface area contributed by atoms with Crippen LogP contribution < -0.4 is 10.6 Å². The van der Waals surface area contributed by atoms with Crippen LogP contribution in [0.25, 0.3) is 0 Å². The Morgan fingerprint density at radius 1 is 1.43 bits per heavy atom. The SMILES string of the molecule is CCNC(=NCc1cccc(Br)c1)NCC1CCCS1.I. The maximum atomic E-state index is 4.65. The van der Waals surface area contributed by atoms with Crippen LogP contribution in [-0.2, 0) is 6.54 Å². The molecule has 0 aliphatic carbocycles. The van der Waals surface area contributed by atoms with Gasteiger partial charge in [-0.25, -0.2) is 4.99 Å². The summed E-state index contributed by atoms with van der Waals surface area (Å²) in [5.74, 6) is 2.22. The first kappa shape index (κ1) is 19.1. The van der Waals surface area contributed by atoms with Gasteiger partial charge in [-0.3, -0.25) is 0 Å². The van der Waals surface area contributed by atoms with E-state index in [1.165, 1.54) is 24.2 Å². The summed E-state index contributed by atoms with van der Waals surface area (Å²) in [5.41, 5.74) is 1.21. The number of nitrogens with zero attached hydrogens (tertiary/aromatic N) is 1. The molecule has 0 saturated carbocycles. The summed E-state index contributed by atoms with van der Waals surface area (Å²) in [5, 5.41) is 7.50. The molecule has 1 unspecified atom stereocenters. The molecule has 21 heavy (non-hydrogen) atoms. The molecule has 1 aliphatic heterocycles. The van der Waals surface area contributed by atoms with Gasteiger partial charge in [-0.15, -0.1) is 24.0 Å². The number of hydrogen-bond donors (Lipinski definition) is 2. The molecule has 2 rings (SSSR count). The number of guanidine groups is 1. The molecule has 0 spiro atoms. The van der Waals surface area contributed by atoms with Gasteiger partial charge in [-0.2, -0.15) is 11.8 Å². The highest BCUT2D eigenvalue weighted by Gasteiger charge is 2.15. The van der Waals surface area contributed by atoms with E-state index in [0.29, 0.717) is 6.54 Å². The van der Waals surface area contributed by atoms with Crippen LogP contribution in [-0.4, -0.2) is 30.1 Å². The Kier molecular flexibility index (Phi) is 9.75. The topological polar surface area (TPSA) is 36.4 Å². The van der Waals surface area contributed by atoms with Gasteiger partial charge in [-0.05, 0) is 43.2 Å². The predicted octanol–water partition coefficient (Wildman–Crippen LogP) is 4.02. The Hall–Kier alpha value is 0.0500. The zero-order valence-corrected chi connectivity index (χ0v) is 17.0. The van der Waals surface area contributed by atoms with Crippen molar-refractivity contribution in [3.05, 3.63) is 34.3 Å². The lowest BCUT2D eigenvalue weighted by Crippen LogP contribution is -2.40. The molecule has 0 bridgehead atoms. The van der Waals surface area contributed by atoms with Gasteiger partial charge >= 0.3 is 0 Å². The van der Waals surface area contributed by atoms with E-state index < -0.39 is 0 Å². The maximum Gasteiger partial charge on any atom is 0.191 e. The van der Waals surface area contributed by atoms with Crippen LogP contribution in [0.3, 0.4) is 0 Å². The van der Waals surface area contributed by atoms with Crippen molar-refractivity contribution >= 4 is 57.6 Å². The van der Waals surface area contributed by atoms with Gasteiger partial charge in [-0.1, -0.05) is 28.1 Å². The molecule has 118 valence electrons. The summed E-state index contributed by atoms with van der Waals surface area (Å²) in [6, 6.07) is 8.29. The molecule has 1 aromatic carbocycles. The largest absolute Gasteiger partial charge is 0.357 e. The minimum Gasteiger partial charge on any atom is -0.357 e. The normalized spacial score (nSPS) is 18.2. The fourth-order valence-electron chi connectivity index (χ4n) is 2.16. The van der Waals surface area contributed by atoms with E-state index in [9.17, 15) is 0 Å². The van der Waals surface area contributed by atoms with Gasteiger partial charge in [0.2, 0.25) is 0 Å². The molecule has 1 heterocycles. The Balaban J connectivity index is 0.00000220. The maximum absolute atomic E-state index is 4.65. The summed E-state index contributed by atoms with van der Waals surface area (Å²) in [6.45, 7) is 4.70. The summed E-state index contributed by atoms with van der Waals surface area (Å²) >= 11 is 5.56. The third kappa shape index (κ3) is 7.23. The zero-order valence-electron chi connectivity index (χ0n) is 12.3. The van der Waals surface area contributed by atoms with Crippen LogP contribution >= 0.6 is 51.7 Å². The van der Waals surface area contributed by atoms with E-state index in [1.807, 2.05) is 12.1 Å². The van der Waals surface area contributed by atoms with E-state index in [0.717, 1.165) is 28.8 Å². The number of thioether (sulfide) groups is 1. The Labute approximate surface area is 157 Å². The van der Waals surface area contributed by atoms with Gasteiger partial charge in [0.1, 0.15) is 0 Å². The minimum absolute atomic E-state index is 0. The average molecular weight is 484 g/mol. The van der Waals surface area contributed by atoms with Crippen LogP contribution in [0.15, 0.2) is 33.7 Å². The standard InChI is InChI=1S/C15H22BrN3S.HI/c1-2-17-15(19-11-14-7-4-8-20-14)18-10-12-5-3-6-13(16)9-12;/h3,5-6,9,14H,2,4,7-8,10-11H2,1H3,(H2,17,18,19);1H. The van der Waals surface area contributed by atoms with Gasteiger partial charge < -0.3 is 10.6 Å². The summed E-state index contributed by atoms with van der Waals surface area (Å²) in [4.78, 5) is 4.65. The van der Waals surface area contributed by atoms with Gasteiger partial charge in [0.05, 0.1) is 6.54 Å². The molecular formula is C15H23BrIN3S. The highest BCUT2D eigenvalue weighted by molar-refractivity contribution is 14.0. The van der Waals surface area contributed by atoms with Crippen molar-refractivity contribution in [2.75, 3.05) is 18.8 Å². The van der Waals surface area contributed by atoms with E-state index in [1.54, 1.807) is 0 Å². The summed E-state index contributed by atoms with van der Waals surface area (Å²) in [6.07, 6.45) is 2.67. The second-order valence-corrected chi connectivity index (χ2v) is 7.16. The number of hydrogen-bond acceptors (Lipinski definition) is 2. The zero-order chi connectivity index (χ0) is 14.2. The monoisotopic (exact) mass is 483 g/mol. The molecule has 3 nitrogen and oxygen atoms in total. The number of benzene rings is 1. The van der Waals surface area contributed by atoms with Crippen LogP contribution in [0.4, 0.5) is 0 Å². The Morgan fingerprint density at radius 3 is 2.95 bits per heavy atom. The molecule has 1 fully saturated rings. The fraction of sp³-hybridized carbons (Fsp3) is 0.533. The highest BCUT2D eigenvalue weighted by atomic mass is 127. The third-order valence-corrected chi connectivity index (χ3v) is 5.07. The van der Waals surface area contributed by atoms with Gasteiger partial charge in [0.25, 0.3) is 0 Å². The lowest BCUT2D eigenvalue weighted by Gasteiger charge is -2.14. The lowest BCUT2D eigenvalue weighted by molar-refractivity contribution is 0.727. The van der Waals surface area contributed by atoms with E-state index >= 15 is 0 Å². The lowest BCUT2D eigenvalue weighted by atomic mass is 10.2. The number of nitrogens with one attached hydrogen (secondary N) is 2. The Bertz CT molecular complexity index is 450. The van der Waals surface area contributed by atoms with Crippen molar-refractivity contribution in [3.8, 4) is 0 Å². The first-order valence-corrected chi connectivity index (χ1v) is 9.00. The van der Waals surface area contributed by atoms with Crippen LogP contribution in [0.1, 0.15) is 25.3 Å². The second kappa shape index (κ2) is 10.7. The van der Waals surface area contributed by atoms with Crippen molar-refractivity contribution < 1.29 is 0 Å². The molecule has 0 radical (unpaired) electrons. The van der Waals surface area contributed by atoms with Crippen molar-refractivity contribution in [2.24, 2.45) is 4.99 Å². The summed E-state index contributed by atoms with van der Waals surface area (Å²) in [7, 11) is 0. The second-order valence-electron chi connectivity index (χ2n) is 4.84. The number of halogens is 2. The average Bonchev–Trinajstić information content (AvgIpc) is 2.95. The number of aliphatic imine (C=N–C) groups is 1. The van der Waals surface area contributed by atoms with Crippen molar-refractivity contribution in [1.29, 1.82) is 0 Å². The third-order valence-electron chi connectivity index (χ3n) is 3.17. The molecule has 1 aliphatic rings. The predicted molar refractivity (Wildman–Crippen MR) is 108 cm³/mol. The van der Waals surface area contributed by atoms with Crippen LogP contribution in [0.5, 0.6) is 0 Å². The van der Waals surface area contributed by atoms with Crippen LogP contribution in [0.2, 0.25) is 0 Å². The van der Waals surface area contributed by atoms with Crippen molar-refractivity contribution in [3.63, 3.8) is 0 Å². The fourth-order valence-corrected chi connectivity index (χ4v) is 3.81. The first-order chi connectivity index (χ1) is 9.78. The molecule has 0 amide bonds. The number of rotatable bonds is 5.